The van der Waals surface area contributed by atoms with Crippen molar-refractivity contribution in [1.29, 1.82) is 0 Å². The molecule has 4 rings (SSSR count). The van der Waals surface area contributed by atoms with Crippen LogP contribution in [0.25, 0.3) is 0 Å². The summed E-state index contributed by atoms with van der Waals surface area (Å²) in [7, 11) is 0. The molecule has 1 heterocycles. The van der Waals surface area contributed by atoms with E-state index < -0.39 is 0 Å². The quantitative estimate of drug-likeness (QED) is 0.460. The highest BCUT2D eigenvalue weighted by Gasteiger charge is 2.58. The molecular formula is C16H20N2O3. The molecule has 3 aliphatic carbocycles. The van der Waals surface area contributed by atoms with Gasteiger partial charge in [0.2, 0.25) is 17.7 Å². The van der Waals surface area contributed by atoms with Gasteiger partial charge in [-0.15, -0.1) is 0 Å². The SMILES string of the molecule is O=C(NCCCN1C(=O)[C@@H]2[C@@H](C1=O)[C@H]1C=C[C@H]2C1)C1CC1. The monoisotopic (exact) mass is 288 g/mol. The van der Waals surface area contributed by atoms with Gasteiger partial charge in [0.05, 0.1) is 11.8 Å². The molecule has 3 amide bonds. The highest BCUT2D eigenvalue weighted by Crippen LogP contribution is 2.52. The van der Waals surface area contributed by atoms with Crippen molar-refractivity contribution < 1.29 is 14.4 Å². The number of imide groups is 1. The molecular weight excluding hydrogens is 268 g/mol. The van der Waals surface area contributed by atoms with Crippen LogP contribution in [0.3, 0.4) is 0 Å². The minimum absolute atomic E-state index is 0.00960. The van der Waals surface area contributed by atoms with Gasteiger partial charge in [0.25, 0.3) is 0 Å². The number of hydrogen-bond donors (Lipinski definition) is 1. The molecule has 112 valence electrons. The van der Waals surface area contributed by atoms with E-state index >= 15 is 0 Å². The first-order valence-electron chi connectivity index (χ1n) is 7.98. The molecule has 0 aromatic heterocycles. The molecule has 0 unspecified atom stereocenters. The zero-order valence-electron chi connectivity index (χ0n) is 12.0. The van der Waals surface area contributed by atoms with E-state index in [1.54, 1.807) is 0 Å². The van der Waals surface area contributed by atoms with Gasteiger partial charge in [0.1, 0.15) is 0 Å². The summed E-state index contributed by atoms with van der Waals surface area (Å²) >= 11 is 0. The number of likely N-dealkylation sites (tertiary alicyclic amines) is 1. The van der Waals surface area contributed by atoms with Gasteiger partial charge in [0.15, 0.2) is 0 Å². The fraction of sp³-hybridized carbons (Fsp3) is 0.688. The Morgan fingerprint density at radius 2 is 1.76 bits per heavy atom. The van der Waals surface area contributed by atoms with Crippen LogP contribution in [0, 0.1) is 29.6 Å². The maximum absolute atomic E-state index is 12.4. The first kappa shape index (κ1) is 13.0. The van der Waals surface area contributed by atoms with Gasteiger partial charge in [-0.3, -0.25) is 19.3 Å². The summed E-state index contributed by atoms with van der Waals surface area (Å²) < 4.78 is 0. The minimum Gasteiger partial charge on any atom is -0.356 e. The predicted octanol–water partition coefficient (Wildman–Crippen LogP) is 0.710. The third-order valence-corrected chi connectivity index (χ3v) is 5.37. The predicted molar refractivity (Wildman–Crippen MR) is 74.8 cm³/mol. The number of carbonyl (C=O) groups excluding carboxylic acids is 3. The maximum atomic E-state index is 12.4. The summed E-state index contributed by atoms with van der Waals surface area (Å²) in [5.41, 5.74) is 0. The van der Waals surface area contributed by atoms with E-state index in [0.29, 0.717) is 19.5 Å². The molecule has 3 fully saturated rings. The van der Waals surface area contributed by atoms with Crippen LogP contribution < -0.4 is 5.32 Å². The molecule has 1 N–H and O–H groups in total. The Morgan fingerprint density at radius 3 is 2.33 bits per heavy atom. The maximum Gasteiger partial charge on any atom is 0.233 e. The van der Waals surface area contributed by atoms with Crippen molar-refractivity contribution in [2.75, 3.05) is 13.1 Å². The highest BCUT2D eigenvalue weighted by atomic mass is 16.2. The van der Waals surface area contributed by atoms with E-state index in [2.05, 4.69) is 17.5 Å². The van der Waals surface area contributed by atoms with Crippen molar-refractivity contribution >= 4 is 17.7 Å². The van der Waals surface area contributed by atoms with E-state index in [4.69, 9.17) is 0 Å². The summed E-state index contributed by atoms with van der Waals surface area (Å²) in [6.45, 7) is 0.988. The van der Waals surface area contributed by atoms with Gasteiger partial charge < -0.3 is 5.32 Å². The zero-order valence-corrected chi connectivity index (χ0v) is 12.0. The first-order chi connectivity index (χ1) is 10.2. The molecule has 1 saturated heterocycles. The van der Waals surface area contributed by atoms with Crippen LogP contribution in [0.4, 0.5) is 0 Å². The van der Waals surface area contributed by atoms with Crippen molar-refractivity contribution in [3.05, 3.63) is 12.2 Å². The Balaban J connectivity index is 1.31. The molecule has 0 aromatic carbocycles. The molecule has 2 saturated carbocycles. The highest BCUT2D eigenvalue weighted by molar-refractivity contribution is 6.06. The Kier molecular flexibility index (Phi) is 2.91. The number of nitrogens with zero attached hydrogens (tertiary/aromatic N) is 1. The Morgan fingerprint density at radius 1 is 1.14 bits per heavy atom. The average molecular weight is 288 g/mol. The first-order valence-corrected chi connectivity index (χ1v) is 7.98. The van der Waals surface area contributed by atoms with E-state index in [1.807, 2.05) is 0 Å². The minimum atomic E-state index is -0.103. The van der Waals surface area contributed by atoms with Gasteiger partial charge in [-0.2, -0.15) is 0 Å². The van der Waals surface area contributed by atoms with Crippen molar-refractivity contribution in [1.82, 2.24) is 10.2 Å². The zero-order chi connectivity index (χ0) is 14.6. The van der Waals surface area contributed by atoms with Crippen LogP contribution in [0.15, 0.2) is 12.2 Å². The number of rotatable bonds is 5. The molecule has 2 bridgehead atoms. The van der Waals surface area contributed by atoms with Crippen LogP contribution in [-0.2, 0) is 14.4 Å². The van der Waals surface area contributed by atoms with Crippen molar-refractivity contribution in [3.63, 3.8) is 0 Å². The van der Waals surface area contributed by atoms with Crippen molar-refractivity contribution in [2.45, 2.75) is 25.7 Å². The molecule has 5 heteroatoms. The normalized spacial score (nSPS) is 36.5. The molecule has 0 radical (unpaired) electrons. The summed E-state index contributed by atoms with van der Waals surface area (Å²) in [6.07, 6.45) is 7.82. The lowest BCUT2D eigenvalue weighted by molar-refractivity contribution is -0.140. The fourth-order valence-electron chi connectivity index (χ4n) is 4.12. The Bertz CT molecular complexity index is 508. The molecule has 0 aromatic rings. The number of hydrogen-bond acceptors (Lipinski definition) is 3. The Hall–Kier alpha value is -1.65. The lowest BCUT2D eigenvalue weighted by atomic mass is 9.85. The van der Waals surface area contributed by atoms with Gasteiger partial charge in [-0.25, -0.2) is 0 Å². The molecule has 5 nitrogen and oxygen atoms in total. The van der Waals surface area contributed by atoms with Gasteiger partial charge in [-0.1, -0.05) is 12.2 Å². The average Bonchev–Trinajstić information content (AvgIpc) is 3.06. The van der Waals surface area contributed by atoms with Crippen LogP contribution in [0.2, 0.25) is 0 Å². The van der Waals surface area contributed by atoms with Crippen LogP contribution >= 0.6 is 0 Å². The van der Waals surface area contributed by atoms with Crippen molar-refractivity contribution in [3.8, 4) is 0 Å². The van der Waals surface area contributed by atoms with Crippen molar-refractivity contribution in [2.24, 2.45) is 29.6 Å². The summed E-state index contributed by atoms with van der Waals surface area (Å²) in [4.78, 5) is 37.8. The van der Waals surface area contributed by atoms with E-state index in [0.717, 1.165) is 19.3 Å². The molecule has 0 spiro atoms. The summed E-state index contributed by atoms with van der Waals surface area (Å²) in [6, 6.07) is 0. The van der Waals surface area contributed by atoms with Gasteiger partial charge in [-0.05, 0) is 37.5 Å². The third-order valence-electron chi connectivity index (χ3n) is 5.37. The largest absolute Gasteiger partial charge is 0.356 e. The van der Waals surface area contributed by atoms with Crippen LogP contribution in [0.5, 0.6) is 0 Å². The number of amides is 3. The molecule has 4 aliphatic rings. The van der Waals surface area contributed by atoms with Gasteiger partial charge >= 0.3 is 0 Å². The van der Waals surface area contributed by atoms with E-state index in [9.17, 15) is 14.4 Å². The second-order valence-electron chi connectivity index (χ2n) is 6.75. The molecule has 21 heavy (non-hydrogen) atoms. The standard InChI is InChI=1S/C16H20N2O3/c19-14(9-2-3-9)17-6-1-7-18-15(20)12-10-4-5-11(8-10)13(12)16(18)21/h4-5,9-13H,1-3,6-8H2,(H,17,19)/t10-,11-,12-,13-/m0/s1. The number of carbonyl (C=O) groups is 3. The van der Waals surface area contributed by atoms with E-state index in [-0.39, 0.29) is 47.3 Å². The third kappa shape index (κ3) is 2.01. The number of fused-ring (bicyclic) bond motifs is 5. The van der Waals surface area contributed by atoms with Gasteiger partial charge in [0, 0.05) is 19.0 Å². The lowest BCUT2D eigenvalue weighted by Crippen LogP contribution is -2.36. The lowest BCUT2D eigenvalue weighted by Gasteiger charge is -2.17. The topological polar surface area (TPSA) is 66.5 Å². The Labute approximate surface area is 123 Å². The number of nitrogens with one attached hydrogen (secondary N) is 1. The smallest absolute Gasteiger partial charge is 0.233 e. The summed E-state index contributed by atoms with van der Waals surface area (Å²) in [5.74, 6) is 0.689. The second kappa shape index (κ2) is 4.68. The fourth-order valence-corrected chi connectivity index (χ4v) is 4.12. The second-order valence-corrected chi connectivity index (χ2v) is 6.75. The molecule has 1 aliphatic heterocycles. The van der Waals surface area contributed by atoms with Crippen LogP contribution in [-0.4, -0.2) is 35.7 Å². The van der Waals surface area contributed by atoms with E-state index in [1.165, 1.54) is 4.90 Å². The molecule has 4 atom stereocenters. The van der Waals surface area contributed by atoms with Crippen LogP contribution in [0.1, 0.15) is 25.7 Å². The summed E-state index contributed by atoms with van der Waals surface area (Å²) in [5, 5.41) is 2.88. The number of allylic oxidation sites excluding steroid dienone is 2.